The molecule has 1 saturated carbocycles. The van der Waals surface area contributed by atoms with Crippen LogP contribution in [0.25, 0.3) is 0 Å². The Labute approximate surface area is 114 Å². The van der Waals surface area contributed by atoms with Gasteiger partial charge >= 0.3 is 0 Å². The number of pyridine rings is 1. The maximum atomic E-state index is 12.8. The van der Waals surface area contributed by atoms with Crippen molar-refractivity contribution in [2.75, 3.05) is 5.32 Å². The Hall–Kier alpha value is -2.50. The number of nitrogens with zero attached hydrogens (tertiary/aromatic N) is 2. The van der Waals surface area contributed by atoms with E-state index in [1.165, 1.54) is 24.4 Å². The van der Waals surface area contributed by atoms with Crippen molar-refractivity contribution in [3.05, 3.63) is 64.1 Å². The normalized spacial score (nSPS) is 20.4. The summed E-state index contributed by atoms with van der Waals surface area (Å²) in [5, 5.41) is 13.7. The lowest BCUT2D eigenvalue weighted by atomic mass is 10.1. The van der Waals surface area contributed by atoms with Crippen molar-refractivity contribution in [3.8, 4) is 0 Å². The summed E-state index contributed by atoms with van der Waals surface area (Å²) >= 11 is 0. The quantitative estimate of drug-likeness (QED) is 0.686. The van der Waals surface area contributed by atoms with E-state index in [-0.39, 0.29) is 17.5 Å². The molecular formula is C14H12FN3O2. The van der Waals surface area contributed by atoms with E-state index in [4.69, 9.17) is 0 Å². The molecule has 0 spiro atoms. The third-order valence-electron chi connectivity index (χ3n) is 3.38. The molecule has 1 aromatic carbocycles. The molecule has 0 amide bonds. The van der Waals surface area contributed by atoms with Crippen LogP contribution in [0.5, 0.6) is 0 Å². The minimum absolute atomic E-state index is 0.0265. The molecule has 1 aliphatic carbocycles. The number of nitro groups is 1. The molecule has 0 unspecified atom stereocenters. The van der Waals surface area contributed by atoms with Crippen molar-refractivity contribution in [1.82, 2.24) is 4.98 Å². The number of hydrogen-bond donors (Lipinski definition) is 1. The predicted molar refractivity (Wildman–Crippen MR) is 72.1 cm³/mol. The molecule has 102 valence electrons. The molecule has 0 saturated heterocycles. The molecule has 20 heavy (non-hydrogen) atoms. The van der Waals surface area contributed by atoms with Gasteiger partial charge in [-0.25, -0.2) is 9.37 Å². The van der Waals surface area contributed by atoms with Crippen LogP contribution in [0.3, 0.4) is 0 Å². The summed E-state index contributed by atoms with van der Waals surface area (Å²) in [5.74, 6) is 0.716. The van der Waals surface area contributed by atoms with E-state index in [0.29, 0.717) is 11.7 Å². The van der Waals surface area contributed by atoms with Crippen molar-refractivity contribution in [1.29, 1.82) is 0 Å². The highest BCUT2D eigenvalue weighted by Crippen LogP contribution is 2.42. The highest BCUT2D eigenvalue weighted by molar-refractivity contribution is 5.44. The van der Waals surface area contributed by atoms with Gasteiger partial charge in [0.2, 0.25) is 0 Å². The van der Waals surface area contributed by atoms with E-state index in [1.54, 1.807) is 18.2 Å². The first-order chi connectivity index (χ1) is 9.63. The van der Waals surface area contributed by atoms with Crippen LogP contribution < -0.4 is 5.32 Å². The number of nitrogens with one attached hydrogen (secondary N) is 1. The van der Waals surface area contributed by atoms with Gasteiger partial charge in [-0.2, -0.15) is 0 Å². The van der Waals surface area contributed by atoms with Gasteiger partial charge in [0.1, 0.15) is 17.8 Å². The van der Waals surface area contributed by atoms with Crippen molar-refractivity contribution in [2.24, 2.45) is 0 Å². The smallest absolute Gasteiger partial charge is 0.287 e. The van der Waals surface area contributed by atoms with Crippen LogP contribution in [0.4, 0.5) is 15.9 Å². The lowest BCUT2D eigenvalue weighted by molar-refractivity contribution is -0.385. The van der Waals surface area contributed by atoms with E-state index in [1.807, 2.05) is 0 Å². The van der Waals surface area contributed by atoms with Gasteiger partial charge in [-0.05, 0) is 30.2 Å². The molecule has 1 heterocycles. The molecule has 6 heteroatoms. The van der Waals surface area contributed by atoms with Gasteiger partial charge in [0.15, 0.2) is 0 Å². The van der Waals surface area contributed by atoms with E-state index in [0.717, 1.165) is 12.0 Å². The van der Waals surface area contributed by atoms with Gasteiger partial charge in [0, 0.05) is 18.0 Å². The van der Waals surface area contributed by atoms with Crippen LogP contribution in [0.1, 0.15) is 17.9 Å². The standard InChI is InChI=1S/C14H12FN3O2/c15-10-3-1-9(2-4-10)12-7-13(12)17-14-6-5-11(8-16-14)18(19)20/h1-6,8,12-13H,7H2,(H,16,17)/t12-,13+/m0/s1. The zero-order chi connectivity index (χ0) is 14.1. The molecule has 0 radical (unpaired) electrons. The topological polar surface area (TPSA) is 68.1 Å². The first-order valence-electron chi connectivity index (χ1n) is 6.26. The predicted octanol–water partition coefficient (Wildman–Crippen LogP) is 3.10. The Balaban J connectivity index is 1.63. The van der Waals surface area contributed by atoms with E-state index >= 15 is 0 Å². The summed E-state index contributed by atoms with van der Waals surface area (Å²) in [6.45, 7) is 0. The van der Waals surface area contributed by atoms with Crippen LogP contribution >= 0.6 is 0 Å². The first kappa shape index (κ1) is 12.5. The Kier molecular flexibility index (Phi) is 3.06. The summed E-state index contributed by atoms with van der Waals surface area (Å²) in [5.41, 5.74) is 1.06. The summed E-state index contributed by atoms with van der Waals surface area (Å²) in [6, 6.07) is 9.73. The molecule has 0 aliphatic heterocycles. The van der Waals surface area contributed by atoms with Gasteiger partial charge < -0.3 is 5.32 Å². The number of hydrogen-bond acceptors (Lipinski definition) is 4. The molecule has 1 fully saturated rings. The summed E-state index contributed by atoms with van der Waals surface area (Å²) in [7, 11) is 0. The number of anilines is 1. The summed E-state index contributed by atoms with van der Waals surface area (Å²) in [6.07, 6.45) is 2.18. The number of halogens is 1. The Morgan fingerprint density at radius 1 is 1.25 bits per heavy atom. The monoisotopic (exact) mass is 273 g/mol. The largest absolute Gasteiger partial charge is 0.367 e. The molecular weight excluding hydrogens is 261 g/mol. The molecule has 1 N–H and O–H groups in total. The Morgan fingerprint density at radius 2 is 2.00 bits per heavy atom. The highest BCUT2D eigenvalue weighted by Gasteiger charge is 2.38. The van der Waals surface area contributed by atoms with Gasteiger partial charge in [-0.15, -0.1) is 0 Å². The fourth-order valence-electron chi connectivity index (χ4n) is 2.20. The Bertz CT molecular complexity index is 628. The zero-order valence-corrected chi connectivity index (χ0v) is 10.5. The van der Waals surface area contributed by atoms with Crippen LogP contribution in [0.15, 0.2) is 42.6 Å². The summed E-state index contributed by atoms with van der Waals surface area (Å²) < 4.78 is 12.8. The molecule has 2 aromatic rings. The highest BCUT2D eigenvalue weighted by atomic mass is 19.1. The minimum atomic E-state index is -0.477. The summed E-state index contributed by atoms with van der Waals surface area (Å²) in [4.78, 5) is 14.1. The third kappa shape index (κ3) is 2.59. The third-order valence-corrected chi connectivity index (χ3v) is 3.38. The van der Waals surface area contributed by atoms with Crippen LogP contribution in [0.2, 0.25) is 0 Å². The maximum Gasteiger partial charge on any atom is 0.287 e. The number of aromatic nitrogens is 1. The van der Waals surface area contributed by atoms with E-state index in [2.05, 4.69) is 10.3 Å². The van der Waals surface area contributed by atoms with Gasteiger partial charge in [0.05, 0.1) is 4.92 Å². The zero-order valence-electron chi connectivity index (χ0n) is 10.5. The van der Waals surface area contributed by atoms with E-state index in [9.17, 15) is 14.5 Å². The average molecular weight is 273 g/mol. The second kappa shape index (κ2) is 4.88. The van der Waals surface area contributed by atoms with Gasteiger partial charge in [-0.3, -0.25) is 10.1 Å². The number of benzene rings is 1. The van der Waals surface area contributed by atoms with Crippen molar-refractivity contribution in [2.45, 2.75) is 18.4 Å². The second-order valence-corrected chi connectivity index (χ2v) is 4.80. The molecule has 1 aromatic heterocycles. The van der Waals surface area contributed by atoms with Gasteiger partial charge in [0.25, 0.3) is 5.69 Å². The molecule has 5 nitrogen and oxygen atoms in total. The Morgan fingerprint density at radius 3 is 2.60 bits per heavy atom. The van der Waals surface area contributed by atoms with Crippen molar-refractivity contribution < 1.29 is 9.31 Å². The molecule has 3 rings (SSSR count). The number of rotatable bonds is 4. The second-order valence-electron chi connectivity index (χ2n) is 4.80. The molecule has 0 bridgehead atoms. The van der Waals surface area contributed by atoms with Crippen molar-refractivity contribution in [3.63, 3.8) is 0 Å². The lowest BCUT2D eigenvalue weighted by Crippen LogP contribution is -2.05. The van der Waals surface area contributed by atoms with Crippen LogP contribution in [-0.4, -0.2) is 15.9 Å². The van der Waals surface area contributed by atoms with Crippen LogP contribution in [-0.2, 0) is 0 Å². The first-order valence-corrected chi connectivity index (χ1v) is 6.26. The lowest BCUT2D eigenvalue weighted by Gasteiger charge is -2.04. The fourth-order valence-corrected chi connectivity index (χ4v) is 2.20. The van der Waals surface area contributed by atoms with Gasteiger partial charge in [-0.1, -0.05) is 12.1 Å². The molecule has 2 atom stereocenters. The van der Waals surface area contributed by atoms with Crippen LogP contribution in [0, 0.1) is 15.9 Å². The minimum Gasteiger partial charge on any atom is -0.367 e. The van der Waals surface area contributed by atoms with Crippen molar-refractivity contribution >= 4 is 11.5 Å². The molecule has 1 aliphatic rings. The maximum absolute atomic E-state index is 12.8. The fraction of sp³-hybridized carbons (Fsp3) is 0.214. The average Bonchev–Trinajstić information content (AvgIpc) is 3.19. The SMILES string of the molecule is O=[N+]([O-])c1ccc(N[C@@H]2C[C@H]2c2ccc(F)cc2)nc1. The van der Waals surface area contributed by atoms with E-state index < -0.39 is 4.92 Å².